The molecule has 5 rings (SSSR count). The van der Waals surface area contributed by atoms with Crippen LogP contribution in [0.15, 0.2) is 23.3 Å². The van der Waals surface area contributed by atoms with Crippen LogP contribution >= 0.6 is 19.0 Å². The van der Waals surface area contributed by atoms with E-state index in [0.29, 0.717) is 35.9 Å². The average Bonchev–Trinajstić information content (AvgIpc) is 3.30. The Bertz CT molecular complexity index is 1700. The minimum absolute atomic E-state index is 0.0170. The Hall–Kier alpha value is -4.62. The third kappa shape index (κ3) is 10.4. The number of ether oxygens (including phenoxy) is 1. The zero-order valence-electron chi connectivity index (χ0n) is 27.7. The standard InChI is InChI=1S/C19H15FN2O4.C7H12ClN5.C5H12NO4P/c1-2-7-21-15-9-14(13(20)8-16(15)26-10-17(21)23)22-18(24)11-5-3-4-6-12(11)19(22)25;1-3-9-6-11-5(8)12-7(13-6)10-4-2;1-11(9,10)3-2-4(6)5(7)8/h1,8-9H,3-7,10H2;3-4H2,1-2H3,(H2,9,10,11,12,13);4H,2-3,6H2,1H3,(H,7,8)(H,9,10). The Kier molecular flexibility index (Phi) is 14.2. The van der Waals surface area contributed by atoms with Crippen molar-refractivity contribution in [3.05, 3.63) is 34.4 Å². The van der Waals surface area contributed by atoms with E-state index in [1.165, 1.54) is 17.6 Å². The van der Waals surface area contributed by atoms with Gasteiger partial charge in [0.25, 0.3) is 17.7 Å². The maximum atomic E-state index is 14.7. The van der Waals surface area contributed by atoms with Crippen LogP contribution in [0, 0.1) is 18.2 Å². The number of imide groups is 1. The highest BCUT2D eigenvalue weighted by molar-refractivity contribution is 7.57. The number of halogens is 2. The van der Waals surface area contributed by atoms with Gasteiger partial charge in [0.15, 0.2) is 19.8 Å². The Morgan fingerprint density at radius 2 is 1.66 bits per heavy atom. The second-order valence-corrected chi connectivity index (χ2v) is 14.1. The van der Waals surface area contributed by atoms with Gasteiger partial charge in [-0.25, -0.2) is 9.29 Å². The second kappa shape index (κ2) is 17.9. The fourth-order valence-electron chi connectivity index (χ4n) is 4.93. The maximum Gasteiger partial charge on any atom is 0.320 e. The van der Waals surface area contributed by atoms with Crippen molar-refractivity contribution in [2.75, 3.05) is 59.5 Å². The molecular formula is C31H39ClFN8O8P. The number of carboxylic acid groups (broad SMARTS) is 1. The van der Waals surface area contributed by atoms with Crippen LogP contribution in [0.1, 0.15) is 46.0 Å². The first kappa shape index (κ1) is 39.8. The molecule has 3 amide bonds. The second-order valence-electron chi connectivity index (χ2n) is 11.2. The number of benzene rings is 1. The minimum Gasteiger partial charge on any atom is -0.481 e. The summed E-state index contributed by atoms with van der Waals surface area (Å²) in [6.07, 6.45) is 8.01. The van der Waals surface area contributed by atoms with Crippen molar-refractivity contribution in [1.29, 1.82) is 0 Å². The van der Waals surface area contributed by atoms with Gasteiger partial charge in [0, 0.05) is 43.1 Å². The molecule has 3 heterocycles. The lowest BCUT2D eigenvalue weighted by Gasteiger charge is -2.29. The van der Waals surface area contributed by atoms with Gasteiger partial charge < -0.3 is 31.1 Å². The van der Waals surface area contributed by atoms with Crippen LogP contribution in [0.25, 0.3) is 0 Å². The minimum atomic E-state index is -3.10. The quantitative estimate of drug-likeness (QED) is 0.134. The molecule has 1 aromatic heterocycles. The molecule has 3 aliphatic rings. The summed E-state index contributed by atoms with van der Waals surface area (Å²) in [5.41, 5.74) is 6.08. The van der Waals surface area contributed by atoms with Gasteiger partial charge in [0.05, 0.1) is 17.9 Å². The summed E-state index contributed by atoms with van der Waals surface area (Å²) in [5.74, 6) is 0.263. The number of aliphatic carboxylic acids is 1. The molecule has 16 nitrogen and oxygen atoms in total. The summed E-state index contributed by atoms with van der Waals surface area (Å²) >= 11 is 5.68. The van der Waals surface area contributed by atoms with Crippen LogP contribution in [0.2, 0.25) is 5.28 Å². The van der Waals surface area contributed by atoms with Crippen LogP contribution in [0.4, 0.5) is 27.7 Å². The Morgan fingerprint density at radius 3 is 2.14 bits per heavy atom. The van der Waals surface area contributed by atoms with Crippen LogP contribution < -0.4 is 30.9 Å². The molecule has 0 saturated carbocycles. The number of aromatic nitrogens is 3. The van der Waals surface area contributed by atoms with E-state index in [0.717, 1.165) is 36.9 Å². The Labute approximate surface area is 293 Å². The van der Waals surface area contributed by atoms with Crippen molar-refractivity contribution in [3.63, 3.8) is 0 Å². The van der Waals surface area contributed by atoms with Crippen LogP contribution in [-0.2, 0) is 23.7 Å². The molecule has 2 atom stereocenters. The number of nitrogens with one attached hydrogen (secondary N) is 2. The summed E-state index contributed by atoms with van der Waals surface area (Å²) in [5, 5.41) is 14.4. The monoisotopic (exact) mass is 736 g/mol. The highest BCUT2D eigenvalue weighted by atomic mass is 35.5. The molecule has 0 bridgehead atoms. The average molecular weight is 737 g/mol. The van der Waals surface area contributed by atoms with E-state index in [1.54, 1.807) is 0 Å². The molecule has 6 N–H and O–H groups in total. The van der Waals surface area contributed by atoms with Crippen molar-refractivity contribution in [2.24, 2.45) is 5.73 Å². The number of terminal acetylenes is 1. The Balaban J connectivity index is 0.000000236. The first-order chi connectivity index (χ1) is 23.6. The van der Waals surface area contributed by atoms with E-state index in [2.05, 4.69) is 31.5 Å². The third-order valence-corrected chi connectivity index (χ3v) is 8.56. The molecule has 19 heteroatoms. The molecule has 1 aliphatic carbocycles. The van der Waals surface area contributed by atoms with E-state index in [9.17, 15) is 28.1 Å². The predicted molar refractivity (Wildman–Crippen MR) is 185 cm³/mol. The third-order valence-electron chi connectivity index (χ3n) is 7.30. The van der Waals surface area contributed by atoms with Gasteiger partial charge in [0.1, 0.15) is 11.8 Å². The highest BCUT2D eigenvalue weighted by Crippen LogP contribution is 2.42. The number of anilines is 4. The van der Waals surface area contributed by atoms with E-state index in [-0.39, 0.29) is 54.0 Å². The molecule has 0 fully saturated rings. The van der Waals surface area contributed by atoms with E-state index in [4.69, 9.17) is 38.5 Å². The smallest absolute Gasteiger partial charge is 0.320 e. The van der Waals surface area contributed by atoms with E-state index >= 15 is 0 Å². The van der Waals surface area contributed by atoms with Crippen LogP contribution in [-0.4, -0.2) is 93.8 Å². The zero-order chi connectivity index (χ0) is 37.2. The number of nitrogens with two attached hydrogens (primary N) is 1. The summed E-state index contributed by atoms with van der Waals surface area (Å²) in [4.78, 5) is 70.3. The molecule has 0 spiro atoms. The molecule has 0 radical (unpaired) electrons. The number of carbonyl (C=O) groups is 4. The lowest BCUT2D eigenvalue weighted by Crippen LogP contribution is -2.39. The van der Waals surface area contributed by atoms with Crippen molar-refractivity contribution >= 4 is 65.9 Å². The SMILES string of the molecule is C#CCN1C(=O)COc2cc(F)c(N3C(=O)C4=C(CCCC4)C3=O)cc21.CCNc1nc(Cl)nc(NCC)n1.CP(=O)(O)CCC(N)C(=O)O. The van der Waals surface area contributed by atoms with Crippen molar-refractivity contribution in [2.45, 2.75) is 52.0 Å². The summed E-state index contributed by atoms with van der Waals surface area (Å²) in [6.45, 7) is 6.36. The molecule has 2 unspecified atom stereocenters. The molecule has 270 valence electrons. The van der Waals surface area contributed by atoms with Crippen molar-refractivity contribution in [1.82, 2.24) is 15.0 Å². The van der Waals surface area contributed by atoms with Gasteiger partial charge in [-0.3, -0.25) is 28.6 Å². The topological polar surface area (TPSA) is 230 Å². The lowest BCUT2D eigenvalue weighted by atomic mass is 9.93. The number of fused-ring (bicyclic) bond motifs is 1. The number of hydrogen-bond acceptors (Lipinski definition) is 12. The maximum absolute atomic E-state index is 14.7. The summed E-state index contributed by atoms with van der Waals surface area (Å²) in [7, 11) is -3.10. The van der Waals surface area contributed by atoms with Gasteiger partial charge in [-0.15, -0.1) is 6.42 Å². The number of nitrogens with zero attached hydrogens (tertiary/aromatic N) is 5. The fourth-order valence-corrected chi connectivity index (χ4v) is 5.85. The number of carboxylic acids is 1. The predicted octanol–water partition coefficient (Wildman–Crippen LogP) is 3.01. The van der Waals surface area contributed by atoms with Gasteiger partial charge in [-0.05, 0) is 63.6 Å². The van der Waals surface area contributed by atoms with Gasteiger partial charge in [-0.1, -0.05) is 5.92 Å². The molecule has 2 aliphatic heterocycles. The summed E-state index contributed by atoms with van der Waals surface area (Å²) < 4.78 is 30.6. The normalized spacial score (nSPS) is 16.7. The molecule has 50 heavy (non-hydrogen) atoms. The molecule has 2 aromatic rings. The molecule has 1 aromatic carbocycles. The van der Waals surface area contributed by atoms with Gasteiger partial charge in [-0.2, -0.15) is 15.0 Å². The van der Waals surface area contributed by atoms with Crippen molar-refractivity contribution < 1.29 is 42.9 Å². The molecule has 0 saturated heterocycles. The van der Waals surface area contributed by atoms with E-state index < -0.39 is 37.0 Å². The Morgan fingerprint density at radius 1 is 1.10 bits per heavy atom. The lowest BCUT2D eigenvalue weighted by molar-refractivity contribution is -0.138. The number of rotatable bonds is 10. The van der Waals surface area contributed by atoms with E-state index in [1.807, 2.05) is 13.8 Å². The molecular weight excluding hydrogens is 698 g/mol. The fraction of sp³-hybridized carbons (Fsp3) is 0.452. The first-order valence-corrected chi connectivity index (χ1v) is 18.3. The number of hydrogen-bond donors (Lipinski definition) is 5. The van der Waals surface area contributed by atoms with Crippen LogP contribution in [0.3, 0.4) is 0 Å². The van der Waals surface area contributed by atoms with Gasteiger partial charge in [0.2, 0.25) is 17.2 Å². The largest absolute Gasteiger partial charge is 0.481 e. The summed E-state index contributed by atoms with van der Waals surface area (Å²) in [6, 6.07) is 1.33. The number of carbonyl (C=O) groups excluding carboxylic acids is 3. The first-order valence-electron chi connectivity index (χ1n) is 15.6. The van der Waals surface area contributed by atoms with Crippen LogP contribution in [0.5, 0.6) is 5.75 Å². The number of amides is 3. The van der Waals surface area contributed by atoms with Gasteiger partial charge >= 0.3 is 5.97 Å². The highest BCUT2D eigenvalue weighted by Gasteiger charge is 2.41. The zero-order valence-corrected chi connectivity index (χ0v) is 29.4. The van der Waals surface area contributed by atoms with Crippen molar-refractivity contribution in [3.8, 4) is 18.1 Å².